The summed E-state index contributed by atoms with van der Waals surface area (Å²) in [4.78, 5) is 13.8. The maximum atomic E-state index is 11.3. The lowest BCUT2D eigenvalue weighted by molar-refractivity contribution is -0.143. The summed E-state index contributed by atoms with van der Waals surface area (Å²) in [5, 5.41) is 12.9. The van der Waals surface area contributed by atoms with Gasteiger partial charge in [-0.05, 0) is 60.8 Å². The first-order valence-electron chi connectivity index (χ1n) is 9.13. The predicted molar refractivity (Wildman–Crippen MR) is 107 cm³/mol. The van der Waals surface area contributed by atoms with E-state index >= 15 is 0 Å². The first-order valence-corrected chi connectivity index (χ1v) is 10.0. The molecule has 3 nitrogen and oxygen atoms in total. The summed E-state index contributed by atoms with van der Waals surface area (Å²) in [7, 11) is 0. The number of likely N-dealkylation sites (tertiary alicyclic amines) is 1. The number of aliphatic carboxylic acids is 1. The van der Waals surface area contributed by atoms with Gasteiger partial charge in [0.05, 0.1) is 12.0 Å². The number of hydrogen-bond acceptors (Lipinski definition) is 3. The third-order valence-electron chi connectivity index (χ3n) is 5.44. The lowest BCUT2D eigenvalue weighted by atomic mass is 9.91. The first kappa shape index (κ1) is 17.3. The van der Waals surface area contributed by atoms with Crippen LogP contribution in [0.2, 0.25) is 0 Å². The van der Waals surface area contributed by atoms with Crippen molar-refractivity contribution in [3.63, 3.8) is 0 Å². The van der Waals surface area contributed by atoms with Crippen LogP contribution in [0.3, 0.4) is 0 Å². The van der Waals surface area contributed by atoms with E-state index in [1.165, 1.54) is 26.8 Å². The van der Waals surface area contributed by atoms with E-state index in [9.17, 15) is 9.90 Å². The largest absolute Gasteiger partial charge is 0.481 e. The Kier molecular flexibility index (Phi) is 4.79. The Labute approximate surface area is 157 Å². The number of nitrogens with zero attached hydrogens (tertiary/aromatic N) is 1. The highest BCUT2D eigenvalue weighted by Gasteiger charge is 2.31. The van der Waals surface area contributed by atoms with Gasteiger partial charge in [-0.1, -0.05) is 48.0 Å². The van der Waals surface area contributed by atoms with Gasteiger partial charge < -0.3 is 5.11 Å². The quantitative estimate of drug-likeness (QED) is 0.699. The molecule has 1 fully saturated rings. The summed E-state index contributed by atoms with van der Waals surface area (Å²) < 4.78 is 1.31. The van der Waals surface area contributed by atoms with Crippen LogP contribution < -0.4 is 0 Å². The molecule has 0 saturated carbocycles. The van der Waals surface area contributed by atoms with Crippen LogP contribution >= 0.6 is 11.3 Å². The second-order valence-electron chi connectivity index (χ2n) is 7.15. The fourth-order valence-corrected chi connectivity index (χ4v) is 4.93. The Morgan fingerprint density at radius 2 is 1.81 bits per heavy atom. The molecule has 0 amide bonds. The molecule has 2 aromatic carbocycles. The molecule has 134 valence electrons. The van der Waals surface area contributed by atoms with E-state index in [0.717, 1.165) is 25.9 Å². The van der Waals surface area contributed by atoms with E-state index in [1.807, 2.05) is 0 Å². The molecular formula is C22H23NO2S. The Morgan fingerprint density at radius 3 is 2.50 bits per heavy atom. The van der Waals surface area contributed by atoms with Gasteiger partial charge in [-0.25, -0.2) is 0 Å². The Morgan fingerprint density at radius 1 is 1.12 bits per heavy atom. The fourth-order valence-electron chi connectivity index (χ4n) is 3.95. The van der Waals surface area contributed by atoms with Gasteiger partial charge in [-0.2, -0.15) is 0 Å². The van der Waals surface area contributed by atoms with Gasteiger partial charge in [0.2, 0.25) is 0 Å². The van der Waals surface area contributed by atoms with Crippen molar-refractivity contribution in [2.24, 2.45) is 5.92 Å². The Bertz CT molecular complexity index is 907. The molecule has 0 aliphatic carbocycles. The molecule has 3 aromatic rings. The van der Waals surface area contributed by atoms with Crippen molar-refractivity contribution in [3.05, 3.63) is 70.6 Å². The topological polar surface area (TPSA) is 40.5 Å². The molecule has 1 N–H and O–H groups in total. The van der Waals surface area contributed by atoms with Gasteiger partial charge in [0.1, 0.15) is 0 Å². The van der Waals surface area contributed by atoms with Gasteiger partial charge in [0.15, 0.2) is 0 Å². The smallest absolute Gasteiger partial charge is 0.306 e. The maximum absolute atomic E-state index is 11.3. The molecule has 0 bridgehead atoms. The second-order valence-corrected chi connectivity index (χ2v) is 8.06. The van der Waals surface area contributed by atoms with Crippen LogP contribution in [0.5, 0.6) is 0 Å². The number of benzene rings is 2. The minimum atomic E-state index is -0.655. The van der Waals surface area contributed by atoms with E-state index < -0.39 is 5.97 Å². The average Bonchev–Trinajstić information content (AvgIpc) is 3.08. The fraction of sp³-hybridized carbons (Fsp3) is 0.318. The van der Waals surface area contributed by atoms with Crippen LogP contribution in [0.15, 0.2) is 53.9 Å². The van der Waals surface area contributed by atoms with Crippen molar-refractivity contribution in [2.75, 3.05) is 13.1 Å². The number of hydrogen-bond donors (Lipinski definition) is 1. The number of carboxylic acids is 1. The third kappa shape index (κ3) is 3.27. The Hall–Kier alpha value is -2.17. The van der Waals surface area contributed by atoms with Gasteiger partial charge in [-0.15, -0.1) is 11.3 Å². The van der Waals surface area contributed by atoms with Crippen molar-refractivity contribution in [2.45, 2.75) is 25.8 Å². The molecule has 1 aliphatic rings. The van der Waals surface area contributed by atoms with E-state index in [1.54, 1.807) is 11.3 Å². The summed E-state index contributed by atoms with van der Waals surface area (Å²) in [6.45, 7) is 3.75. The number of rotatable bonds is 4. The highest BCUT2D eigenvalue weighted by atomic mass is 32.1. The molecule has 26 heavy (non-hydrogen) atoms. The second kappa shape index (κ2) is 7.22. The first-order chi connectivity index (χ1) is 12.6. The zero-order valence-corrected chi connectivity index (χ0v) is 15.7. The molecule has 1 aliphatic heterocycles. The van der Waals surface area contributed by atoms with Gasteiger partial charge in [0.25, 0.3) is 0 Å². The summed E-state index contributed by atoms with van der Waals surface area (Å²) in [5.74, 6) is -0.860. The molecule has 0 spiro atoms. The number of carbonyl (C=O) groups is 1. The lowest BCUT2D eigenvalue weighted by Crippen LogP contribution is -2.39. The monoisotopic (exact) mass is 365 g/mol. The SMILES string of the molecule is Cc1ccc(C(c2csc3ccccc23)N2CCC(C(=O)O)CC2)cc1. The molecule has 1 aromatic heterocycles. The van der Waals surface area contributed by atoms with Gasteiger partial charge in [-0.3, -0.25) is 9.69 Å². The summed E-state index contributed by atoms with van der Waals surface area (Å²) >= 11 is 1.79. The van der Waals surface area contributed by atoms with Crippen LogP contribution in [-0.2, 0) is 4.79 Å². The van der Waals surface area contributed by atoms with Crippen LogP contribution in [0.25, 0.3) is 10.1 Å². The standard InChI is InChI=1S/C22H23NO2S/c1-15-6-8-16(9-7-15)21(23-12-10-17(11-13-23)22(24)25)19-14-26-20-5-3-2-4-18(19)20/h2-9,14,17,21H,10-13H2,1H3,(H,24,25). The van der Waals surface area contributed by atoms with Crippen LogP contribution in [0.4, 0.5) is 0 Å². The number of thiophene rings is 1. The van der Waals surface area contributed by atoms with E-state index in [-0.39, 0.29) is 12.0 Å². The molecular weight excluding hydrogens is 342 g/mol. The van der Waals surface area contributed by atoms with E-state index in [2.05, 4.69) is 65.7 Å². The highest BCUT2D eigenvalue weighted by molar-refractivity contribution is 7.17. The summed E-state index contributed by atoms with van der Waals surface area (Å²) in [5.41, 5.74) is 3.88. The van der Waals surface area contributed by atoms with Crippen LogP contribution in [0, 0.1) is 12.8 Å². The summed E-state index contributed by atoms with van der Waals surface area (Å²) in [6.07, 6.45) is 1.44. The van der Waals surface area contributed by atoms with Crippen molar-refractivity contribution in [3.8, 4) is 0 Å². The third-order valence-corrected chi connectivity index (χ3v) is 6.42. The van der Waals surface area contributed by atoms with Gasteiger partial charge >= 0.3 is 5.97 Å². The maximum Gasteiger partial charge on any atom is 0.306 e. The number of piperidine rings is 1. The Balaban J connectivity index is 1.73. The average molecular weight is 365 g/mol. The van der Waals surface area contributed by atoms with Crippen molar-refractivity contribution in [1.82, 2.24) is 4.90 Å². The van der Waals surface area contributed by atoms with Gasteiger partial charge in [0, 0.05) is 4.70 Å². The minimum Gasteiger partial charge on any atom is -0.481 e. The predicted octanol–water partition coefficient (Wildman–Crippen LogP) is 5.10. The molecule has 4 rings (SSSR count). The highest BCUT2D eigenvalue weighted by Crippen LogP contribution is 2.38. The van der Waals surface area contributed by atoms with Crippen LogP contribution in [-0.4, -0.2) is 29.1 Å². The molecule has 1 unspecified atom stereocenters. The van der Waals surface area contributed by atoms with Crippen molar-refractivity contribution in [1.29, 1.82) is 0 Å². The number of aryl methyl sites for hydroxylation is 1. The minimum absolute atomic E-state index is 0.182. The van der Waals surface area contributed by atoms with E-state index in [4.69, 9.17) is 0 Å². The van der Waals surface area contributed by atoms with Crippen molar-refractivity contribution < 1.29 is 9.90 Å². The molecule has 1 saturated heterocycles. The molecule has 4 heteroatoms. The van der Waals surface area contributed by atoms with E-state index in [0.29, 0.717) is 0 Å². The molecule has 0 radical (unpaired) electrons. The van der Waals surface area contributed by atoms with Crippen molar-refractivity contribution >= 4 is 27.4 Å². The number of fused-ring (bicyclic) bond motifs is 1. The summed E-state index contributed by atoms with van der Waals surface area (Å²) in [6, 6.07) is 17.5. The van der Waals surface area contributed by atoms with Crippen LogP contribution in [0.1, 0.15) is 35.6 Å². The zero-order chi connectivity index (χ0) is 18.1. The lowest BCUT2D eigenvalue weighted by Gasteiger charge is -2.37. The molecule has 2 heterocycles. The molecule has 1 atom stereocenters. The normalized spacial score (nSPS) is 17.4. The number of carboxylic acid groups (broad SMARTS) is 1. The zero-order valence-electron chi connectivity index (χ0n) is 14.9.